The van der Waals surface area contributed by atoms with Crippen molar-refractivity contribution in [3.63, 3.8) is 0 Å². The number of hydrogen-bond acceptors (Lipinski definition) is 4. The maximum absolute atomic E-state index is 5.54. The second-order valence-corrected chi connectivity index (χ2v) is 1.99. The Kier molecular flexibility index (Phi) is 7.24. The van der Waals surface area contributed by atoms with E-state index in [1.54, 1.807) is 0 Å². The summed E-state index contributed by atoms with van der Waals surface area (Å²) in [5.74, 6) is 0.266. The van der Waals surface area contributed by atoms with Gasteiger partial charge >= 0.3 is 33.0 Å². The van der Waals surface area contributed by atoms with Crippen LogP contribution in [0.2, 0.25) is 5.15 Å². The molecule has 0 aliphatic carbocycles. The molecule has 0 radical (unpaired) electrons. The summed E-state index contributed by atoms with van der Waals surface area (Å²) in [7, 11) is 7.68. The average molecular weight is 274 g/mol. The molecule has 13 heavy (non-hydrogen) atoms. The number of aromatic nitrogens is 2. The Labute approximate surface area is 95.3 Å². The van der Waals surface area contributed by atoms with E-state index in [1.807, 2.05) is 0 Å². The summed E-state index contributed by atoms with van der Waals surface area (Å²) in [4.78, 5) is 7.47. The third-order valence-corrected chi connectivity index (χ3v) is 1.16. The van der Waals surface area contributed by atoms with E-state index in [-0.39, 0.29) is 17.0 Å². The number of hydrogen-bond donors (Lipinski definition) is 0. The number of halogens is 2. The van der Waals surface area contributed by atoms with E-state index < -0.39 is 0 Å². The van der Waals surface area contributed by atoms with Crippen LogP contribution in [0.4, 0.5) is 0 Å². The molecule has 0 saturated carbocycles. The second kappa shape index (κ2) is 7.30. The summed E-state index contributed by atoms with van der Waals surface area (Å²) in [5.41, 5.74) is 0. The van der Waals surface area contributed by atoms with Crippen molar-refractivity contribution in [2.75, 3.05) is 14.2 Å². The fraction of sp³-hybridized carbons (Fsp3) is 0.333. The van der Waals surface area contributed by atoms with Crippen molar-refractivity contribution in [2.45, 2.75) is 0 Å². The van der Waals surface area contributed by atoms with E-state index >= 15 is 0 Å². The van der Waals surface area contributed by atoms with Gasteiger partial charge in [-0.2, -0.15) is 4.98 Å². The second-order valence-electron chi connectivity index (χ2n) is 1.64. The summed E-state index contributed by atoms with van der Waals surface area (Å²) < 4.78 is 9.50. The van der Waals surface area contributed by atoms with Crippen LogP contribution in [0.1, 0.15) is 0 Å². The van der Waals surface area contributed by atoms with Gasteiger partial charge in [0, 0.05) is 5.88 Å². The number of rotatable bonds is 2. The van der Waals surface area contributed by atoms with Crippen LogP contribution in [0.3, 0.4) is 0 Å². The Balaban J connectivity index is 0.000000671. The van der Waals surface area contributed by atoms with E-state index in [1.165, 1.54) is 14.2 Å². The fourth-order valence-electron chi connectivity index (χ4n) is 0.528. The first-order valence-corrected chi connectivity index (χ1v) is 7.35. The normalized spacial score (nSPS) is 8.46. The van der Waals surface area contributed by atoms with Gasteiger partial charge in [0.25, 0.3) is 0 Å². The van der Waals surface area contributed by atoms with E-state index in [0.29, 0.717) is 0 Å². The molecule has 0 atom stereocenters. The van der Waals surface area contributed by atoms with Gasteiger partial charge in [-0.25, -0.2) is 4.98 Å². The molecule has 1 rings (SSSR count). The average Bonchev–Trinajstić information content (AvgIpc) is 2.20. The molecule has 1 aromatic heterocycles. The van der Waals surface area contributed by atoms with E-state index in [4.69, 9.17) is 30.8 Å². The van der Waals surface area contributed by atoms with Gasteiger partial charge in [0.05, 0.1) is 14.2 Å². The monoisotopic (exact) mass is 272 g/mol. The van der Waals surface area contributed by atoms with Crippen LogP contribution in [0.15, 0.2) is 0 Å². The third-order valence-electron chi connectivity index (χ3n) is 0.977. The van der Waals surface area contributed by atoms with Gasteiger partial charge < -0.3 is 15.5 Å². The van der Waals surface area contributed by atoms with Gasteiger partial charge in [0.2, 0.25) is 0 Å². The van der Waals surface area contributed by atoms with Gasteiger partial charge in [0.15, 0.2) is 0 Å². The molecule has 1 aromatic rings. The van der Waals surface area contributed by atoms with Crippen LogP contribution in [0, 0.1) is 6.07 Å². The van der Waals surface area contributed by atoms with Crippen molar-refractivity contribution in [2.24, 2.45) is 0 Å². The topological polar surface area (TPSA) is 44.2 Å². The standard InChI is InChI=1S/C6H6ClN2O2.ClH.Zn/c1-10-5-3-4(7)8-6(9-5)11-2;;/h1-2H3;1H;/q-1;;+2/p-1. The number of nitrogens with zero attached hydrogens (tertiary/aromatic N) is 2. The molecule has 0 aromatic carbocycles. The molecule has 0 unspecified atom stereocenters. The van der Waals surface area contributed by atoms with Crippen LogP contribution in [-0.2, 0) is 17.3 Å². The minimum absolute atomic E-state index is 0.172. The van der Waals surface area contributed by atoms with Crippen molar-refractivity contribution < 1.29 is 26.8 Å². The molecule has 0 N–H and O–H groups in total. The van der Waals surface area contributed by atoms with Crippen molar-refractivity contribution >= 4 is 21.3 Å². The summed E-state index contributed by atoms with van der Waals surface area (Å²) in [6.45, 7) is 0. The van der Waals surface area contributed by atoms with E-state index in [0.717, 1.165) is 17.3 Å². The first-order chi connectivity index (χ1) is 6.26. The van der Waals surface area contributed by atoms with Crippen LogP contribution in [0.5, 0.6) is 11.9 Å². The number of ether oxygens (including phenoxy) is 2. The van der Waals surface area contributed by atoms with Crippen molar-refractivity contribution in [3.8, 4) is 11.9 Å². The fourth-order valence-corrected chi connectivity index (χ4v) is 0.681. The zero-order valence-corrected chi connectivity index (χ0v) is 11.7. The molecule has 7 heteroatoms. The molecule has 0 fully saturated rings. The molecule has 0 aliphatic rings. The first-order valence-electron chi connectivity index (χ1n) is 3.08. The quantitative estimate of drug-likeness (QED) is 0.467. The summed E-state index contributed by atoms with van der Waals surface area (Å²) >= 11 is 6.39. The molecule has 0 amide bonds. The zero-order chi connectivity index (χ0) is 10.3. The summed E-state index contributed by atoms with van der Waals surface area (Å²) in [6.07, 6.45) is 0. The first kappa shape index (κ1) is 12.9. The van der Waals surface area contributed by atoms with Crippen LogP contribution >= 0.6 is 21.3 Å². The molecular weight excluding hydrogens is 268 g/mol. The zero-order valence-electron chi connectivity index (χ0n) is 7.17. The third kappa shape index (κ3) is 4.60. The van der Waals surface area contributed by atoms with Crippen LogP contribution < -0.4 is 9.47 Å². The molecule has 0 aliphatic heterocycles. The van der Waals surface area contributed by atoms with Gasteiger partial charge in [-0.15, -0.1) is 11.6 Å². The van der Waals surface area contributed by atoms with E-state index in [9.17, 15) is 0 Å². The molecule has 4 nitrogen and oxygen atoms in total. The van der Waals surface area contributed by atoms with Crippen molar-refractivity contribution in [3.05, 3.63) is 11.2 Å². The minimum atomic E-state index is 0.172. The molecular formula is C6H6Cl2N2O2Zn. The van der Waals surface area contributed by atoms with Gasteiger partial charge in [-0.1, -0.05) is 0 Å². The SMILES string of the molecule is COc1[c-]c(Cl)nc(OC)n1.[Cl][Zn+]. The summed E-state index contributed by atoms with van der Waals surface area (Å²) in [6, 6.07) is 2.74. The van der Waals surface area contributed by atoms with Crippen LogP contribution in [-0.4, -0.2) is 24.2 Å². The molecule has 0 spiro atoms. The van der Waals surface area contributed by atoms with E-state index in [2.05, 4.69) is 16.0 Å². The maximum atomic E-state index is 5.54. The van der Waals surface area contributed by atoms with Gasteiger partial charge in [-0.3, -0.25) is 0 Å². The number of methoxy groups -OCH3 is 2. The predicted molar refractivity (Wildman–Crippen MR) is 44.8 cm³/mol. The molecule has 1 heterocycles. The van der Waals surface area contributed by atoms with Crippen LogP contribution in [0.25, 0.3) is 0 Å². The van der Waals surface area contributed by atoms with Gasteiger partial charge in [-0.05, 0) is 5.15 Å². The Morgan fingerprint density at radius 2 is 1.85 bits per heavy atom. The molecule has 68 valence electrons. The predicted octanol–water partition coefficient (Wildman–Crippen LogP) is 1.63. The Morgan fingerprint density at radius 1 is 1.23 bits per heavy atom. The molecule has 0 bridgehead atoms. The summed E-state index contributed by atoms with van der Waals surface area (Å²) in [5, 5.41) is 0.175. The Hall–Kier alpha value is -0.117. The Bertz CT molecular complexity index is 240. The molecule has 0 saturated heterocycles. The van der Waals surface area contributed by atoms with Crippen molar-refractivity contribution in [1.82, 2.24) is 9.97 Å². The Morgan fingerprint density at radius 3 is 2.31 bits per heavy atom. The van der Waals surface area contributed by atoms with Crippen molar-refractivity contribution in [1.29, 1.82) is 0 Å². The van der Waals surface area contributed by atoms with Gasteiger partial charge in [0.1, 0.15) is 0 Å².